The van der Waals surface area contributed by atoms with Crippen molar-refractivity contribution >= 4 is 16.8 Å². The molecule has 0 spiro atoms. The molecule has 0 saturated heterocycles. The van der Waals surface area contributed by atoms with Gasteiger partial charge in [-0.15, -0.1) is 0 Å². The molecule has 118 valence electrons. The maximum absolute atomic E-state index is 12.2. The first-order valence-corrected chi connectivity index (χ1v) is 7.44. The number of aromatic nitrogens is 2. The zero-order valence-electron chi connectivity index (χ0n) is 13.5. The van der Waals surface area contributed by atoms with Crippen molar-refractivity contribution in [1.82, 2.24) is 14.3 Å². The van der Waals surface area contributed by atoms with Crippen LogP contribution in [0.3, 0.4) is 0 Å². The van der Waals surface area contributed by atoms with Crippen molar-refractivity contribution < 1.29 is 4.79 Å². The molecule has 3 rings (SSSR count). The van der Waals surface area contributed by atoms with E-state index >= 15 is 0 Å². The van der Waals surface area contributed by atoms with Crippen LogP contribution in [0.2, 0.25) is 0 Å². The van der Waals surface area contributed by atoms with Crippen LogP contribution in [0.15, 0.2) is 53.3 Å². The molecule has 0 radical (unpaired) electrons. The van der Waals surface area contributed by atoms with E-state index in [1.807, 2.05) is 53.2 Å². The topological polar surface area (TPSA) is 47.2 Å². The van der Waals surface area contributed by atoms with Gasteiger partial charge in [-0.2, -0.15) is 0 Å². The van der Waals surface area contributed by atoms with Gasteiger partial charge in [0.25, 0.3) is 11.5 Å². The second-order valence-corrected chi connectivity index (χ2v) is 5.80. The number of benzene rings is 2. The Labute approximate surface area is 134 Å². The first-order valence-electron chi connectivity index (χ1n) is 7.44. The van der Waals surface area contributed by atoms with Crippen LogP contribution in [-0.2, 0) is 13.6 Å². The number of amides is 1. The van der Waals surface area contributed by atoms with Crippen molar-refractivity contribution in [3.63, 3.8) is 0 Å². The lowest BCUT2D eigenvalue weighted by Gasteiger charge is -2.12. The van der Waals surface area contributed by atoms with Crippen LogP contribution in [0.4, 0.5) is 0 Å². The zero-order chi connectivity index (χ0) is 16.6. The standard InChI is InChI=1S/C18H19N3O2/c1-19(2)17(22)14-10-8-13(9-11-14)12-21-16-7-5-4-6-15(16)18(23)20(21)3/h4-11H,12H2,1-3H3. The molecule has 0 unspecified atom stereocenters. The first kappa shape index (κ1) is 15.1. The lowest BCUT2D eigenvalue weighted by atomic mass is 10.1. The van der Waals surface area contributed by atoms with E-state index in [0.717, 1.165) is 16.5 Å². The molecular formula is C18H19N3O2. The molecule has 0 aliphatic rings. The molecule has 1 aromatic heterocycles. The summed E-state index contributed by atoms with van der Waals surface area (Å²) in [4.78, 5) is 25.7. The van der Waals surface area contributed by atoms with Gasteiger partial charge in [0.2, 0.25) is 0 Å². The van der Waals surface area contributed by atoms with Gasteiger partial charge in [-0.25, -0.2) is 0 Å². The van der Waals surface area contributed by atoms with Gasteiger partial charge in [0.1, 0.15) is 0 Å². The van der Waals surface area contributed by atoms with Crippen LogP contribution in [0.1, 0.15) is 15.9 Å². The summed E-state index contributed by atoms with van der Waals surface area (Å²) in [5, 5.41) is 0.717. The molecule has 3 aromatic rings. The molecule has 0 bridgehead atoms. The van der Waals surface area contributed by atoms with Crippen molar-refractivity contribution in [3.05, 3.63) is 70.0 Å². The average molecular weight is 309 g/mol. The predicted molar refractivity (Wildman–Crippen MR) is 90.7 cm³/mol. The van der Waals surface area contributed by atoms with Crippen molar-refractivity contribution in [2.75, 3.05) is 14.1 Å². The van der Waals surface area contributed by atoms with Crippen LogP contribution < -0.4 is 5.56 Å². The SMILES string of the molecule is CN(C)C(=O)c1ccc(Cn2c3ccccc3c(=O)n2C)cc1. The van der Waals surface area contributed by atoms with Crippen molar-refractivity contribution in [3.8, 4) is 0 Å². The fraction of sp³-hybridized carbons (Fsp3) is 0.222. The Bertz CT molecular complexity index is 918. The molecule has 0 fully saturated rings. The van der Waals surface area contributed by atoms with Crippen molar-refractivity contribution in [1.29, 1.82) is 0 Å². The van der Waals surface area contributed by atoms with Gasteiger partial charge < -0.3 is 4.90 Å². The Kier molecular flexibility index (Phi) is 3.78. The van der Waals surface area contributed by atoms with E-state index in [4.69, 9.17) is 0 Å². The number of hydrogen-bond donors (Lipinski definition) is 0. The number of hydrogen-bond acceptors (Lipinski definition) is 2. The zero-order valence-corrected chi connectivity index (χ0v) is 13.5. The van der Waals surface area contributed by atoms with E-state index in [1.165, 1.54) is 0 Å². The Morgan fingerprint density at radius 1 is 1.04 bits per heavy atom. The summed E-state index contributed by atoms with van der Waals surface area (Å²) in [6.45, 7) is 0.579. The number of nitrogens with zero attached hydrogens (tertiary/aromatic N) is 3. The highest BCUT2D eigenvalue weighted by Gasteiger charge is 2.11. The van der Waals surface area contributed by atoms with Crippen molar-refractivity contribution in [2.24, 2.45) is 7.05 Å². The van der Waals surface area contributed by atoms with Crippen LogP contribution in [-0.4, -0.2) is 34.3 Å². The normalized spacial score (nSPS) is 10.9. The van der Waals surface area contributed by atoms with Crippen molar-refractivity contribution in [2.45, 2.75) is 6.54 Å². The first-order chi connectivity index (χ1) is 11.0. The van der Waals surface area contributed by atoms with Gasteiger partial charge in [0.15, 0.2) is 0 Å². The Morgan fingerprint density at radius 2 is 1.70 bits per heavy atom. The predicted octanol–water partition coefficient (Wildman–Crippen LogP) is 2.09. The smallest absolute Gasteiger partial charge is 0.274 e. The summed E-state index contributed by atoms with van der Waals surface area (Å²) >= 11 is 0. The lowest BCUT2D eigenvalue weighted by Crippen LogP contribution is -2.22. The van der Waals surface area contributed by atoms with E-state index in [9.17, 15) is 9.59 Å². The third-order valence-corrected chi connectivity index (χ3v) is 4.01. The molecule has 0 N–H and O–H groups in total. The summed E-state index contributed by atoms with van der Waals surface area (Å²) in [5.41, 5.74) is 2.61. The molecule has 1 amide bonds. The monoisotopic (exact) mass is 309 g/mol. The molecule has 0 aliphatic heterocycles. The Hall–Kier alpha value is -2.82. The third kappa shape index (κ3) is 2.65. The van der Waals surface area contributed by atoms with Gasteiger partial charge >= 0.3 is 0 Å². The fourth-order valence-corrected chi connectivity index (χ4v) is 2.70. The molecule has 0 aliphatic carbocycles. The van der Waals surface area contributed by atoms with Gasteiger partial charge in [0, 0.05) is 26.7 Å². The lowest BCUT2D eigenvalue weighted by molar-refractivity contribution is 0.0827. The Morgan fingerprint density at radius 3 is 2.35 bits per heavy atom. The number of fused-ring (bicyclic) bond motifs is 1. The van der Waals surface area contributed by atoms with Crippen LogP contribution in [0, 0.1) is 0 Å². The number of carbonyl (C=O) groups excluding carboxylic acids is 1. The van der Waals surface area contributed by atoms with E-state index < -0.39 is 0 Å². The highest BCUT2D eigenvalue weighted by atomic mass is 16.2. The van der Waals surface area contributed by atoms with E-state index in [-0.39, 0.29) is 11.5 Å². The number of para-hydroxylation sites is 1. The van der Waals surface area contributed by atoms with Crippen LogP contribution in [0.25, 0.3) is 10.9 Å². The molecule has 0 saturated carbocycles. The summed E-state index contributed by atoms with van der Waals surface area (Å²) in [7, 11) is 5.24. The van der Waals surface area contributed by atoms with E-state index in [1.54, 1.807) is 30.7 Å². The van der Waals surface area contributed by atoms with Gasteiger partial charge in [-0.3, -0.25) is 19.0 Å². The summed E-state index contributed by atoms with van der Waals surface area (Å²) in [6.07, 6.45) is 0. The minimum Gasteiger partial charge on any atom is -0.345 e. The van der Waals surface area contributed by atoms with Gasteiger partial charge in [-0.05, 0) is 29.8 Å². The Balaban J connectivity index is 1.96. The molecular weight excluding hydrogens is 290 g/mol. The van der Waals surface area contributed by atoms with E-state index in [2.05, 4.69) is 0 Å². The average Bonchev–Trinajstić information content (AvgIpc) is 2.80. The second kappa shape index (κ2) is 5.76. The molecule has 2 aromatic carbocycles. The maximum Gasteiger partial charge on any atom is 0.274 e. The van der Waals surface area contributed by atoms with Gasteiger partial charge in [0.05, 0.1) is 17.4 Å². The highest BCUT2D eigenvalue weighted by molar-refractivity contribution is 5.93. The number of rotatable bonds is 3. The minimum atomic E-state index is -0.0182. The van der Waals surface area contributed by atoms with E-state index in [0.29, 0.717) is 12.1 Å². The highest BCUT2D eigenvalue weighted by Crippen LogP contribution is 2.14. The van der Waals surface area contributed by atoms with Crippen LogP contribution in [0.5, 0.6) is 0 Å². The molecule has 0 atom stereocenters. The summed E-state index contributed by atoms with van der Waals surface area (Å²) < 4.78 is 3.57. The molecule has 5 heteroatoms. The summed E-state index contributed by atoms with van der Waals surface area (Å²) in [5.74, 6) is -0.0182. The largest absolute Gasteiger partial charge is 0.345 e. The maximum atomic E-state index is 12.2. The molecule has 1 heterocycles. The van der Waals surface area contributed by atoms with Crippen LogP contribution >= 0.6 is 0 Å². The fourth-order valence-electron chi connectivity index (χ4n) is 2.70. The third-order valence-electron chi connectivity index (χ3n) is 4.01. The molecule has 23 heavy (non-hydrogen) atoms. The minimum absolute atomic E-state index is 0.00000529. The second-order valence-electron chi connectivity index (χ2n) is 5.80. The number of carbonyl (C=O) groups is 1. The van der Waals surface area contributed by atoms with Gasteiger partial charge in [-0.1, -0.05) is 24.3 Å². The quantitative estimate of drug-likeness (QED) is 0.744. The summed E-state index contributed by atoms with van der Waals surface area (Å²) in [6, 6.07) is 15.1. The molecule has 5 nitrogen and oxygen atoms in total.